The maximum absolute atomic E-state index is 13.4. The Morgan fingerprint density at radius 2 is 1.66 bits per heavy atom. The van der Waals surface area contributed by atoms with Crippen molar-refractivity contribution >= 4 is 20.8 Å². The Hall–Kier alpha value is -3.23. The molecule has 0 aliphatic heterocycles. The first-order valence-electron chi connectivity index (χ1n) is 9.01. The number of aromatic amines is 1. The zero-order valence-corrected chi connectivity index (χ0v) is 16.8. The predicted molar refractivity (Wildman–Crippen MR) is 110 cm³/mol. The molecule has 1 aromatic heterocycles. The second kappa shape index (κ2) is 7.65. The maximum Gasteiger partial charge on any atom is 0.242 e. The third-order valence-electron chi connectivity index (χ3n) is 4.63. The van der Waals surface area contributed by atoms with Gasteiger partial charge < -0.3 is 4.74 Å². The lowest BCUT2D eigenvalue weighted by Gasteiger charge is -2.18. The zero-order valence-electron chi connectivity index (χ0n) is 16.0. The third-order valence-corrected chi connectivity index (χ3v) is 6.11. The number of benzene rings is 3. The number of methoxy groups -OCH3 is 1. The number of H-pyrrole nitrogens is 1. The number of nitrogens with zero attached hydrogens (tertiary/aromatic N) is 2. The standard InChI is InChI=1S/C21H20N4O3S/c1-14-22-21(24-23-14)20(15-8-4-3-5-9-15)25-29(26,27)19-13-12-18(28-2)16-10-6-7-11-17(16)19/h3-13,20,25H,1-2H3,(H,22,23,24). The van der Waals surface area contributed by atoms with Gasteiger partial charge in [-0.3, -0.25) is 5.10 Å². The summed E-state index contributed by atoms with van der Waals surface area (Å²) in [7, 11) is -2.34. The Morgan fingerprint density at radius 3 is 2.31 bits per heavy atom. The SMILES string of the molecule is COc1ccc(S(=O)(=O)NC(c2ccccc2)c2n[nH]c(C)n2)c2ccccc12. The lowest BCUT2D eigenvalue weighted by atomic mass is 10.1. The van der Waals surface area contributed by atoms with E-state index in [-0.39, 0.29) is 4.90 Å². The molecule has 3 aromatic carbocycles. The largest absolute Gasteiger partial charge is 0.496 e. The fourth-order valence-corrected chi connectivity index (χ4v) is 4.67. The summed E-state index contributed by atoms with van der Waals surface area (Å²) < 4.78 is 34.9. The van der Waals surface area contributed by atoms with Crippen molar-refractivity contribution in [3.8, 4) is 5.75 Å². The van der Waals surface area contributed by atoms with Crippen molar-refractivity contribution in [1.82, 2.24) is 19.9 Å². The average molecular weight is 408 g/mol. The number of hydrogen-bond acceptors (Lipinski definition) is 5. The van der Waals surface area contributed by atoms with Crippen LogP contribution in [-0.4, -0.2) is 30.7 Å². The molecule has 1 atom stereocenters. The highest BCUT2D eigenvalue weighted by molar-refractivity contribution is 7.89. The maximum atomic E-state index is 13.4. The predicted octanol–water partition coefficient (Wildman–Crippen LogP) is 3.34. The van der Waals surface area contributed by atoms with Crippen molar-refractivity contribution in [2.45, 2.75) is 17.9 Å². The second-order valence-electron chi connectivity index (χ2n) is 6.56. The molecule has 0 aliphatic carbocycles. The Kier molecular flexibility index (Phi) is 5.04. The molecule has 7 nitrogen and oxygen atoms in total. The van der Waals surface area contributed by atoms with Crippen LogP contribution in [0, 0.1) is 6.92 Å². The van der Waals surface area contributed by atoms with Crippen LogP contribution in [0.15, 0.2) is 71.6 Å². The molecule has 0 saturated carbocycles. The van der Waals surface area contributed by atoms with Crippen LogP contribution < -0.4 is 9.46 Å². The molecule has 0 fully saturated rings. The molecule has 0 saturated heterocycles. The van der Waals surface area contributed by atoms with E-state index in [1.165, 1.54) is 0 Å². The van der Waals surface area contributed by atoms with Crippen LogP contribution >= 0.6 is 0 Å². The van der Waals surface area contributed by atoms with Gasteiger partial charge in [-0.2, -0.15) is 9.82 Å². The molecule has 0 radical (unpaired) electrons. The van der Waals surface area contributed by atoms with Crippen molar-refractivity contribution in [3.63, 3.8) is 0 Å². The molecule has 2 N–H and O–H groups in total. The molecule has 29 heavy (non-hydrogen) atoms. The number of ether oxygens (including phenoxy) is 1. The van der Waals surface area contributed by atoms with Gasteiger partial charge in [0.1, 0.15) is 17.6 Å². The van der Waals surface area contributed by atoms with E-state index in [0.717, 1.165) is 10.9 Å². The van der Waals surface area contributed by atoms with E-state index < -0.39 is 16.1 Å². The molecular formula is C21H20N4O3S. The number of nitrogens with one attached hydrogen (secondary N) is 2. The van der Waals surface area contributed by atoms with Crippen molar-refractivity contribution in [3.05, 3.63) is 83.9 Å². The number of fused-ring (bicyclic) bond motifs is 1. The molecule has 148 valence electrons. The van der Waals surface area contributed by atoms with Gasteiger partial charge in [0.05, 0.1) is 12.0 Å². The first kappa shape index (κ1) is 19.1. The van der Waals surface area contributed by atoms with Crippen molar-refractivity contribution in [2.24, 2.45) is 0 Å². The zero-order chi connectivity index (χ0) is 20.4. The van der Waals surface area contributed by atoms with Gasteiger partial charge in [-0.05, 0) is 24.6 Å². The lowest BCUT2D eigenvalue weighted by molar-refractivity contribution is 0.419. The highest BCUT2D eigenvalue weighted by atomic mass is 32.2. The van der Waals surface area contributed by atoms with E-state index in [4.69, 9.17) is 4.74 Å². The topological polar surface area (TPSA) is 97.0 Å². The van der Waals surface area contributed by atoms with E-state index in [2.05, 4.69) is 19.9 Å². The highest BCUT2D eigenvalue weighted by Crippen LogP contribution is 2.32. The summed E-state index contributed by atoms with van der Waals surface area (Å²) in [6.07, 6.45) is 0. The van der Waals surface area contributed by atoms with Gasteiger partial charge in [-0.15, -0.1) is 0 Å². The minimum Gasteiger partial charge on any atom is -0.496 e. The summed E-state index contributed by atoms with van der Waals surface area (Å²) >= 11 is 0. The van der Waals surface area contributed by atoms with Gasteiger partial charge in [-0.1, -0.05) is 54.6 Å². The summed E-state index contributed by atoms with van der Waals surface area (Å²) in [5.41, 5.74) is 0.743. The van der Waals surface area contributed by atoms with Gasteiger partial charge >= 0.3 is 0 Å². The summed E-state index contributed by atoms with van der Waals surface area (Å²) in [5.74, 6) is 1.58. The number of hydrogen-bond donors (Lipinski definition) is 2. The molecule has 1 unspecified atom stereocenters. The molecular weight excluding hydrogens is 388 g/mol. The third kappa shape index (κ3) is 3.72. The van der Waals surface area contributed by atoms with Gasteiger partial charge in [0.2, 0.25) is 10.0 Å². The lowest BCUT2D eigenvalue weighted by Crippen LogP contribution is -2.30. The van der Waals surface area contributed by atoms with Crippen molar-refractivity contribution < 1.29 is 13.2 Å². The second-order valence-corrected chi connectivity index (χ2v) is 8.24. The van der Waals surface area contributed by atoms with Crippen LogP contribution in [0.25, 0.3) is 10.8 Å². The summed E-state index contributed by atoms with van der Waals surface area (Å²) in [4.78, 5) is 4.51. The smallest absolute Gasteiger partial charge is 0.242 e. The Balaban J connectivity index is 1.82. The van der Waals surface area contributed by atoms with Crippen LogP contribution in [0.2, 0.25) is 0 Å². The summed E-state index contributed by atoms with van der Waals surface area (Å²) in [5, 5.41) is 8.26. The molecule has 1 heterocycles. The van der Waals surface area contributed by atoms with Crippen LogP contribution in [0.3, 0.4) is 0 Å². The van der Waals surface area contributed by atoms with Crippen molar-refractivity contribution in [2.75, 3.05) is 7.11 Å². The van der Waals surface area contributed by atoms with Gasteiger partial charge in [0.15, 0.2) is 5.82 Å². The molecule has 0 aliphatic rings. The normalized spacial score (nSPS) is 12.8. The van der Waals surface area contributed by atoms with E-state index >= 15 is 0 Å². The number of sulfonamides is 1. The van der Waals surface area contributed by atoms with E-state index in [0.29, 0.717) is 22.8 Å². The average Bonchev–Trinajstić information content (AvgIpc) is 3.17. The molecule has 0 spiro atoms. The van der Waals surface area contributed by atoms with Crippen LogP contribution in [0.1, 0.15) is 23.3 Å². The monoisotopic (exact) mass is 408 g/mol. The summed E-state index contributed by atoms with van der Waals surface area (Å²) in [6, 6.07) is 19.0. The minimum absolute atomic E-state index is 0.169. The van der Waals surface area contributed by atoms with E-state index in [1.807, 2.05) is 42.5 Å². The Morgan fingerprint density at radius 1 is 0.966 bits per heavy atom. The Bertz CT molecular complexity index is 1250. The molecule has 4 rings (SSSR count). The molecule has 0 bridgehead atoms. The van der Waals surface area contributed by atoms with E-state index in [1.54, 1.807) is 38.3 Å². The van der Waals surface area contributed by atoms with E-state index in [9.17, 15) is 8.42 Å². The number of rotatable bonds is 6. The van der Waals surface area contributed by atoms with Crippen LogP contribution in [0.5, 0.6) is 5.75 Å². The quantitative estimate of drug-likeness (QED) is 0.510. The first-order valence-corrected chi connectivity index (χ1v) is 10.5. The summed E-state index contributed by atoms with van der Waals surface area (Å²) in [6.45, 7) is 1.77. The van der Waals surface area contributed by atoms with Gasteiger partial charge in [-0.25, -0.2) is 13.4 Å². The highest BCUT2D eigenvalue weighted by Gasteiger charge is 2.27. The first-order chi connectivity index (χ1) is 14.0. The van der Waals surface area contributed by atoms with Gasteiger partial charge in [0.25, 0.3) is 0 Å². The number of aromatic nitrogens is 3. The Labute approximate surface area is 168 Å². The fraction of sp³-hybridized carbons (Fsp3) is 0.143. The van der Waals surface area contributed by atoms with Gasteiger partial charge in [0, 0.05) is 10.8 Å². The van der Waals surface area contributed by atoms with Crippen molar-refractivity contribution in [1.29, 1.82) is 0 Å². The minimum atomic E-state index is -3.90. The molecule has 4 aromatic rings. The van der Waals surface area contributed by atoms with Crippen LogP contribution in [0.4, 0.5) is 0 Å². The fourth-order valence-electron chi connectivity index (χ4n) is 3.28. The molecule has 8 heteroatoms. The molecule has 0 amide bonds. The van der Waals surface area contributed by atoms with Crippen LogP contribution in [-0.2, 0) is 10.0 Å². The number of aryl methyl sites for hydroxylation is 1.